The molecule has 0 aromatic rings. The Morgan fingerprint density at radius 3 is 1.79 bits per heavy atom. The molecule has 1 saturated carbocycles. The first-order valence-electron chi connectivity index (χ1n) is 13.0. The molecule has 1 aliphatic rings. The Balaban J connectivity index is 1.84. The molecule has 0 spiro atoms. The molecule has 0 saturated heterocycles. The summed E-state index contributed by atoms with van der Waals surface area (Å²) >= 11 is 0. The standard InChI is InChI=1S/C26H52O3/c1-4-5-6-7-8-9-10-11-12-13-14-15-16-17-24(27)18-19-29-25-20-22(2)23(3)26(28)21-25/h22-28H,4-21H2,1-3H3. The lowest BCUT2D eigenvalue weighted by Crippen LogP contribution is -2.37. The van der Waals surface area contributed by atoms with Gasteiger partial charge in [-0.3, -0.25) is 0 Å². The Bertz CT molecular complexity index is 348. The second-order valence-electron chi connectivity index (χ2n) is 9.84. The largest absolute Gasteiger partial charge is 0.393 e. The molecule has 0 bridgehead atoms. The monoisotopic (exact) mass is 412 g/mol. The molecule has 5 unspecified atom stereocenters. The van der Waals surface area contributed by atoms with Gasteiger partial charge in [-0.2, -0.15) is 0 Å². The Kier molecular flexibility index (Phi) is 16.3. The molecule has 2 N–H and O–H groups in total. The SMILES string of the molecule is CCCCCCCCCCCCCCCC(O)CCOC1CC(C)C(C)C(O)C1. The van der Waals surface area contributed by atoms with Crippen LogP contribution in [0.4, 0.5) is 0 Å². The molecule has 1 aliphatic carbocycles. The summed E-state index contributed by atoms with van der Waals surface area (Å²) in [4.78, 5) is 0. The maximum absolute atomic E-state index is 10.2. The van der Waals surface area contributed by atoms with E-state index < -0.39 is 0 Å². The van der Waals surface area contributed by atoms with E-state index in [2.05, 4.69) is 20.8 Å². The third-order valence-electron chi connectivity index (χ3n) is 7.09. The maximum atomic E-state index is 10.2. The van der Waals surface area contributed by atoms with Crippen molar-refractivity contribution in [2.45, 2.75) is 148 Å². The molecule has 0 aromatic carbocycles. The third-order valence-corrected chi connectivity index (χ3v) is 7.09. The van der Waals surface area contributed by atoms with Crippen LogP contribution in [0.15, 0.2) is 0 Å². The van der Waals surface area contributed by atoms with Crippen molar-refractivity contribution in [1.82, 2.24) is 0 Å². The predicted molar refractivity (Wildman–Crippen MR) is 124 cm³/mol. The van der Waals surface area contributed by atoms with Gasteiger partial charge in [-0.15, -0.1) is 0 Å². The van der Waals surface area contributed by atoms with Crippen LogP contribution in [0, 0.1) is 11.8 Å². The van der Waals surface area contributed by atoms with E-state index in [1.54, 1.807) is 0 Å². The molecule has 29 heavy (non-hydrogen) atoms. The first kappa shape index (κ1) is 26.9. The molecule has 1 fully saturated rings. The van der Waals surface area contributed by atoms with Crippen LogP contribution in [-0.2, 0) is 4.74 Å². The molecule has 5 atom stereocenters. The minimum atomic E-state index is -0.237. The zero-order chi connectivity index (χ0) is 21.3. The first-order chi connectivity index (χ1) is 14.0. The molecular weight excluding hydrogens is 360 g/mol. The Morgan fingerprint density at radius 2 is 1.28 bits per heavy atom. The van der Waals surface area contributed by atoms with E-state index >= 15 is 0 Å². The van der Waals surface area contributed by atoms with Gasteiger partial charge in [0.15, 0.2) is 0 Å². The van der Waals surface area contributed by atoms with E-state index in [4.69, 9.17) is 4.74 Å². The molecule has 3 heteroatoms. The Hall–Kier alpha value is -0.120. The molecule has 0 aliphatic heterocycles. The minimum absolute atomic E-state index is 0.166. The van der Waals surface area contributed by atoms with Crippen LogP contribution in [-0.4, -0.2) is 35.1 Å². The van der Waals surface area contributed by atoms with E-state index in [1.165, 1.54) is 77.0 Å². The van der Waals surface area contributed by atoms with Crippen LogP contribution in [0.5, 0.6) is 0 Å². The van der Waals surface area contributed by atoms with Crippen molar-refractivity contribution >= 4 is 0 Å². The second-order valence-corrected chi connectivity index (χ2v) is 9.84. The van der Waals surface area contributed by atoms with Gasteiger partial charge in [0.1, 0.15) is 0 Å². The van der Waals surface area contributed by atoms with Gasteiger partial charge in [0.25, 0.3) is 0 Å². The van der Waals surface area contributed by atoms with Crippen LogP contribution in [0.2, 0.25) is 0 Å². The maximum Gasteiger partial charge on any atom is 0.0602 e. The number of unbranched alkanes of at least 4 members (excludes halogenated alkanes) is 12. The molecule has 0 aromatic heterocycles. The molecule has 0 amide bonds. The van der Waals surface area contributed by atoms with Gasteiger partial charge in [0.05, 0.1) is 18.3 Å². The van der Waals surface area contributed by atoms with Crippen molar-refractivity contribution in [3.8, 4) is 0 Å². The van der Waals surface area contributed by atoms with Crippen molar-refractivity contribution in [2.24, 2.45) is 11.8 Å². The van der Waals surface area contributed by atoms with E-state index in [1.807, 2.05) is 0 Å². The summed E-state index contributed by atoms with van der Waals surface area (Å²) in [6, 6.07) is 0. The van der Waals surface area contributed by atoms with Crippen molar-refractivity contribution in [2.75, 3.05) is 6.61 Å². The van der Waals surface area contributed by atoms with E-state index in [9.17, 15) is 10.2 Å². The fourth-order valence-corrected chi connectivity index (χ4v) is 4.64. The van der Waals surface area contributed by atoms with Crippen LogP contribution < -0.4 is 0 Å². The summed E-state index contributed by atoms with van der Waals surface area (Å²) in [5.74, 6) is 0.885. The fraction of sp³-hybridized carbons (Fsp3) is 1.00. The number of aliphatic hydroxyl groups is 2. The lowest BCUT2D eigenvalue weighted by molar-refractivity contribution is -0.0619. The highest BCUT2D eigenvalue weighted by Gasteiger charge is 2.31. The summed E-state index contributed by atoms with van der Waals surface area (Å²) in [7, 11) is 0. The number of hydrogen-bond donors (Lipinski definition) is 2. The quantitative estimate of drug-likeness (QED) is 0.238. The zero-order valence-electron chi connectivity index (χ0n) is 19.9. The summed E-state index contributed by atoms with van der Waals surface area (Å²) in [6.45, 7) is 7.23. The van der Waals surface area contributed by atoms with Gasteiger partial charge in [0.2, 0.25) is 0 Å². The lowest BCUT2D eigenvalue weighted by atomic mass is 9.78. The van der Waals surface area contributed by atoms with Gasteiger partial charge in [0, 0.05) is 6.61 Å². The number of ether oxygens (including phenoxy) is 1. The van der Waals surface area contributed by atoms with E-state index in [-0.39, 0.29) is 18.3 Å². The summed E-state index contributed by atoms with van der Waals surface area (Å²) in [6.07, 6.45) is 20.9. The minimum Gasteiger partial charge on any atom is -0.393 e. The van der Waals surface area contributed by atoms with Crippen molar-refractivity contribution < 1.29 is 14.9 Å². The first-order valence-corrected chi connectivity index (χ1v) is 13.0. The second kappa shape index (κ2) is 17.5. The summed E-state index contributed by atoms with van der Waals surface area (Å²) in [5, 5.41) is 20.3. The van der Waals surface area contributed by atoms with E-state index in [0.29, 0.717) is 18.4 Å². The van der Waals surface area contributed by atoms with Crippen molar-refractivity contribution in [3.63, 3.8) is 0 Å². The van der Waals surface area contributed by atoms with Crippen LogP contribution in [0.3, 0.4) is 0 Å². The molecule has 1 rings (SSSR count). The molecular formula is C26H52O3. The number of aliphatic hydroxyl groups excluding tert-OH is 2. The van der Waals surface area contributed by atoms with Gasteiger partial charge < -0.3 is 14.9 Å². The molecule has 174 valence electrons. The highest BCUT2D eigenvalue weighted by Crippen LogP contribution is 2.31. The smallest absolute Gasteiger partial charge is 0.0602 e. The van der Waals surface area contributed by atoms with Crippen LogP contribution >= 0.6 is 0 Å². The van der Waals surface area contributed by atoms with Gasteiger partial charge in [-0.25, -0.2) is 0 Å². The highest BCUT2D eigenvalue weighted by molar-refractivity contribution is 4.82. The zero-order valence-corrected chi connectivity index (χ0v) is 19.9. The fourth-order valence-electron chi connectivity index (χ4n) is 4.64. The summed E-state index contributed by atoms with van der Waals surface area (Å²) < 4.78 is 5.94. The highest BCUT2D eigenvalue weighted by atomic mass is 16.5. The van der Waals surface area contributed by atoms with E-state index in [0.717, 1.165) is 32.1 Å². The molecule has 3 nitrogen and oxygen atoms in total. The number of rotatable bonds is 18. The number of hydrogen-bond acceptors (Lipinski definition) is 3. The predicted octanol–water partition coefficient (Wildman–Crippen LogP) is 7.03. The summed E-state index contributed by atoms with van der Waals surface area (Å²) in [5.41, 5.74) is 0. The van der Waals surface area contributed by atoms with Gasteiger partial charge in [-0.05, 0) is 37.5 Å². The molecule has 0 heterocycles. The van der Waals surface area contributed by atoms with Crippen molar-refractivity contribution in [3.05, 3.63) is 0 Å². The van der Waals surface area contributed by atoms with Gasteiger partial charge in [-0.1, -0.05) is 104 Å². The third kappa shape index (κ3) is 13.7. The van der Waals surface area contributed by atoms with Crippen LogP contribution in [0.25, 0.3) is 0 Å². The lowest BCUT2D eigenvalue weighted by Gasteiger charge is -2.36. The topological polar surface area (TPSA) is 49.7 Å². The van der Waals surface area contributed by atoms with Crippen molar-refractivity contribution in [1.29, 1.82) is 0 Å². The average Bonchev–Trinajstić information content (AvgIpc) is 2.69. The van der Waals surface area contributed by atoms with Crippen LogP contribution in [0.1, 0.15) is 130 Å². The Morgan fingerprint density at radius 1 is 0.759 bits per heavy atom. The molecule has 0 radical (unpaired) electrons. The van der Waals surface area contributed by atoms with Gasteiger partial charge >= 0.3 is 0 Å². The normalized spacial score (nSPS) is 26.0. The average molecular weight is 413 g/mol. The Labute approximate surface area is 182 Å².